The van der Waals surface area contributed by atoms with Crippen LogP contribution in [0.25, 0.3) is 0 Å². The summed E-state index contributed by atoms with van der Waals surface area (Å²) < 4.78 is 0. The molecule has 0 aromatic carbocycles. The Morgan fingerprint density at radius 2 is 1.76 bits per heavy atom. The summed E-state index contributed by atoms with van der Waals surface area (Å²) in [5.41, 5.74) is -1.97. The number of carbonyl (C=O) groups excluding carboxylic acids is 2. The van der Waals surface area contributed by atoms with Gasteiger partial charge in [0.05, 0.1) is 11.8 Å². The van der Waals surface area contributed by atoms with Crippen molar-refractivity contribution in [1.82, 2.24) is 0 Å². The zero-order chi connectivity index (χ0) is 15.8. The maximum absolute atomic E-state index is 11.8. The van der Waals surface area contributed by atoms with Gasteiger partial charge in [-0.3, -0.25) is 19.2 Å². The maximum atomic E-state index is 11.8. The van der Waals surface area contributed by atoms with Crippen LogP contribution >= 0.6 is 0 Å². The Labute approximate surface area is 121 Å². The van der Waals surface area contributed by atoms with E-state index < -0.39 is 41.1 Å². The van der Waals surface area contributed by atoms with Crippen LogP contribution in [0.4, 0.5) is 0 Å². The molecule has 3 N–H and O–H groups in total. The van der Waals surface area contributed by atoms with E-state index in [1.54, 1.807) is 0 Å². The zero-order valence-corrected chi connectivity index (χ0v) is 11.4. The molecule has 7 nitrogen and oxygen atoms in total. The number of aliphatic hydroxyl groups is 1. The highest BCUT2D eigenvalue weighted by Gasteiger charge is 2.52. The minimum atomic E-state index is -1.97. The van der Waals surface area contributed by atoms with Gasteiger partial charge in [-0.25, -0.2) is 0 Å². The summed E-state index contributed by atoms with van der Waals surface area (Å²) in [6, 6.07) is 0. The Hall–Kier alpha value is -1.76. The van der Waals surface area contributed by atoms with Crippen molar-refractivity contribution >= 4 is 23.5 Å². The summed E-state index contributed by atoms with van der Waals surface area (Å²) in [6.07, 6.45) is 0.356. The van der Waals surface area contributed by atoms with Gasteiger partial charge in [-0.1, -0.05) is 0 Å². The van der Waals surface area contributed by atoms with E-state index in [4.69, 9.17) is 10.2 Å². The number of carboxylic acid groups (broad SMARTS) is 2. The summed E-state index contributed by atoms with van der Waals surface area (Å²) in [5.74, 6) is -5.75. The number of carboxylic acids is 2. The molecule has 7 heteroatoms. The molecule has 0 heterocycles. The summed E-state index contributed by atoms with van der Waals surface area (Å²) in [4.78, 5) is 45.8. The van der Waals surface area contributed by atoms with Crippen LogP contribution in [0.1, 0.15) is 38.5 Å². The molecule has 2 fully saturated rings. The van der Waals surface area contributed by atoms with Crippen LogP contribution in [0, 0.1) is 17.8 Å². The van der Waals surface area contributed by atoms with Crippen molar-refractivity contribution in [3.63, 3.8) is 0 Å². The van der Waals surface area contributed by atoms with E-state index in [0.717, 1.165) is 0 Å². The molecule has 4 atom stereocenters. The van der Waals surface area contributed by atoms with Crippen molar-refractivity contribution in [2.45, 2.75) is 44.1 Å². The van der Waals surface area contributed by atoms with Crippen molar-refractivity contribution < 1.29 is 34.5 Å². The number of hydrogen-bond donors (Lipinski definition) is 3. The Morgan fingerprint density at radius 3 is 2.33 bits per heavy atom. The van der Waals surface area contributed by atoms with Crippen LogP contribution in [0.3, 0.4) is 0 Å². The van der Waals surface area contributed by atoms with Gasteiger partial charge in [0.1, 0.15) is 11.4 Å². The average molecular weight is 298 g/mol. The fourth-order valence-corrected chi connectivity index (χ4v) is 3.51. The van der Waals surface area contributed by atoms with E-state index in [9.17, 15) is 24.3 Å². The van der Waals surface area contributed by atoms with Gasteiger partial charge in [-0.15, -0.1) is 0 Å². The second-order valence-electron chi connectivity index (χ2n) is 5.87. The molecule has 0 saturated heterocycles. The second kappa shape index (κ2) is 5.55. The summed E-state index contributed by atoms with van der Waals surface area (Å²) in [5, 5.41) is 28.5. The molecule has 0 bridgehead atoms. The summed E-state index contributed by atoms with van der Waals surface area (Å²) in [7, 11) is 0. The lowest BCUT2D eigenvalue weighted by Gasteiger charge is -2.27. The third kappa shape index (κ3) is 2.70. The predicted octanol–water partition coefficient (Wildman–Crippen LogP) is 0.241. The molecule has 0 amide bonds. The molecule has 0 aromatic heterocycles. The summed E-state index contributed by atoms with van der Waals surface area (Å²) >= 11 is 0. The van der Waals surface area contributed by atoms with Crippen LogP contribution in [0.5, 0.6) is 0 Å². The first-order valence-electron chi connectivity index (χ1n) is 7.01. The van der Waals surface area contributed by atoms with Gasteiger partial charge >= 0.3 is 11.9 Å². The molecule has 0 aliphatic heterocycles. The molecule has 0 spiro atoms. The smallest absolute Gasteiger partial charge is 0.309 e. The van der Waals surface area contributed by atoms with Crippen LogP contribution in [0.15, 0.2) is 0 Å². The lowest BCUT2D eigenvalue weighted by Crippen LogP contribution is -2.44. The van der Waals surface area contributed by atoms with E-state index in [1.165, 1.54) is 0 Å². The lowest BCUT2D eigenvalue weighted by molar-refractivity contribution is -0.157. The van der Waals surface area contributed by atoms with Gasteiger partial charge in [0.2, 0.25) is 0 Å². The molecular formula is C14H18O7. The lowest BCUT2D eigenvalue weighted by atomic mass is 9.81. The minimum absolute atomic E-state index is 0.00552. The van der Waals surface area contributed by atoms with Gasteiger partial charge in [0.25, 0.3) is 0 Å². The fourth-order valence-electron chi connectivity index (χ4n) is 3.51. The van der Waals surface area contributed by atoms with E-state index in [1.807, 2.05) is 0 Å². The van der Waals surface area contributed by atoms with E-state index in [-0.39, 0.29) is 44.3 Å². The standard InChI is InChI=1S/C14H18O7/c15-10-3-1-8(12(17)18)7(10)5-6-14(21)9(13(19)20)2-4-11(14)16/h7-9,21H,1-6H2,(H,17,18)(H,19,20). The quantitative estimate of drug-likeness (QED) is 0.663. The van der Waals surface area contributed by atoms with Crippen molar-refractivity contribution in [3.05, 3.63) is 0 Å². The van der Waals surface area contributed by atoms with Crippen molar-refractivity contribution in [3.8, 4) is 0 Å². The van der Waals surface area contributed by atoms with Crippen LogP contribution < -0.4 is 0 Å². The van der Waals surface area contributed by atoms with Gasteiger partial charge in [0, 0.05) is 18.8 Å². The first-order chi connectivity index (χ1) is 9.77. The Morgan fingerprint density at radius 1 is 1.10 bits per heavy atom. The molecule has 0 radical (unpaired) electrons. The zero-order valence-electron chi connectivity index (χ0n) is 11.4. The maximum Gasteiger partial charge on any atom is 0.309 e. The Kier molecular flexibility index (Phi) is 4.13. The van der Waals surface area contributed by atoms with Crippen molar-refractivity contribution in [2.75, 3.05) is 0 Å². The average Bonchev–Trinajstić information content (AvgIpc) is 2.90. The molecule has 116 valence electrons. The molecule has 21 heavy (non-hydrogen) atoms. The van der Waals surface area contributed by atoms with Gasteiger partial charge in [0.15, 0.2) is 5.78 Å². The van der Waals surface area contributed by atoms with Gasteiger partial charge < -0.3 is 15.3 Å². The number of hydrogen-bond acceptors (Lipinski definition) is 5. The first kappa shape index (κ1) is 15.6. The topological polar surface area (TPSA) is 129 Å². The molecule has 2 aliphatic carbocycles. The largest absolute Gasteiger partial charge is 0.481 e. The highest BCUT2D eigenvalue weighted by molar-refractivity contribution is 5.95. The Bertz CT molecular complexity index is 498. The fraction of sp³-hybridized carbons (Fsp3) is 0.714. The van der Waals surface area contributed by atoms with Crippen molar-refractivity contribution in [2.24, 2.45) is 17.8 Å². The van der Waals surface area contributed by atoms with Gasteiger partial charge in [-0.2, -0.15) is 0 Å². The minimum Gasteiger partial charge on any atom is -0.481 e. The highest BCUT2D eigenvalue weighted by Crippen LogP contribution is 2.40. The summed E-state index contributed by atoms with van der Waals surface area (Å²) in [6.45, 7) is 0. The molecule has 0 aromatic rings. The van der Waals surface area contributed by atoms with E-state index in [0.29, 0.717) is 0 Å². The third-order valence-electron chi connectivity index (χ3n) is 4.77. The van der Waals surface area contributed by atoms with Gasteiger partial charge in [-0.05, 0) is 25.7 Å². The molecular weight excluding hydrogens is 280 g/mol. The SMILES string of the molecule is O=C(O)C1CCC(=O)C1CCC1(O)C(=O)CCC1C(=O)O. The van der Waals surface area contributed by atoms with Crippen molar-refractivity contribution in [1.29, 1.82) is 0 Å². The molecule has 2 saturated carbocycles. The van der Waals surface area contributed by atoms with E-state index >= 15 is 0 Å². The van der Waals surface area contributed by atoms with Crippen LogP contribution in [0.2, 0.25) is 0 Å². The van der Waals surface area contributed by atoms with Crippen LogP contribution in [-0.2, 0) is 19.2 Å². The normalized spacial score (nSPS) is 36.1. The highest BCUT2D eigenvalue weighted by atomic mass is 16.4. The van der Waals surface area contributed by atoms with E-state index in [2.05, 4.69) is 0 Å². The first-order valence-corrected chi connectivity index (χ1v) is 7.01. The third-order valence-corrected chi connectivity index (χ3v) is 4.77. The number of Topliss-reactive ketones (excluding diaryl/α,β-unsaturated/α-hetero) is 2. The molecule has 4 unspecified atom stereocenters. The Balaban J connectivity index is 2.10. The molecule has 2 aliphatic rings. The number of ketones is 2. The monoisotopic (exact) mass is 298 g/mol. The number of carbonyl (C=O) groups is 4. The second-order valence-corrected chi connectivity index (χ2v) is 5.87. The predicted molar refractivity (Wildman–Crippen MR) is 68.4 cm³/mol. The number of aliphatic carboxylic acids is 2. The number of rotatable bonds is 5. The van der Waals surface area contributed by atoms with Crippen LogP contribution in [-0.4, -0.2) is 44.4 Å². The molecule has 2 rings (SSSR count).